The lowest BCUT2D eigenvalue weighted by Crippen LogP contribution is -2.19. The summed E-state index contributed by atoms with van der Waals surface area (Å²) < 4.78 is 5.37. The van der Waals surface area contributed by atoms with Crippen LogP contribution >= 0.6 is 11.8 Å². The first-order chi connectivity index (χ1) is 11.3. The van der Waals surface area contributed by atoms with Crippen molar-refractivity contribution in [3.8, 4) is 5.75 Å². The number of thioether (sulfide) groups is 1. The van der Waals surface area contributed by atoms with Crippen LogP contribution < -0.4 is 10.2 Å². The highest BCUT2D eigenvalue weighted by atomic mass is 32.2. The zero-order valence-electron chi connectivity index (χ0n) is 13.1. The van der Waals surface area contributed by atoms with Crippen LogP contribution in [0.3, 0.4) is 0 Å². The van der Waals surface area contributed by atoms with Crippen LogP contribution in [0.15, 0.2) is 59.7 Å². The number of carbonyl (C=O) groups is 1. The van der Waals surface area contributed by atoms with Crippen molar-refractivity contribution in [3.05, 3.63) is 65.7 Å². The van der Waals surface area contributed by atoms with Gasteiger partial charge in [-0.25, -0.2) is 5.43 Å². The lowest BCUT2D eigenvalue weighted by atomic mass is 10.2. The van der Waals surface area contributed by atoms with Gasteiger partial charge in [0.15, 0.2) is 0 Å². The van der Waals surface area contributed by atoms with Crippen LogP contribution in [0, 0.1) is 0 Å². The highest BCUT2D eigenvalue weighted by Crippen LogP contribution is 2.11. The SMILES string of the molecule is CCOc1ccc(/C=N\NC(=O)CSCc2ccccc2)cc1. The van der Waals surface area contributed by atoms with E-state index >= 15 is 0 Å². The topological polar surface area (TPSA) is 50.7 Å². The molecule has 0 saturated heterocycles. The zero-order chi connectivity index (χ0) is 16.3. The number of ether oxygens (including phenoxy) is 1. The maximum atomic E-state index is 11.7. The summed E-state index contributed by atoms with van der Waals surface area (Å²) in [6.07, 6.45) is 1.62. The number of hydrazone groups is 1. The van der Waals surface area contributed by atoms with Gasteiger partial charge < -0.3 is 4.74 Å². The van der Waals surface area contributed by atoms with Crippen molar-refractivity contribution in [3.63, 3.8) is 0 Å². The van der Waals surface area contributed by atoms with Gasteiger partial charge in [0.05, 0.1) is 18.6 Å². The lowest BCUT2D eigenvalue weighted by Gasteiger charge is -2.02. The number of nitrogens with one attached hydrogen (secondary N) is 1. The minimum Gasteiger partial charge on any atom is -0.494 e. The molecule has 1 amide bonds. The van der Waals surface area contributed by atoms with E-state index in [0.717, 1.165) is 17.1 Å². The van der Waals surface area contributed by atoms with Gasteiger partial charge in [-0.3, -0.25) is 4.79 Å². The largest absolute Gasteiger partial charge is 0.494 e. The molecule has 23 heavy (non-hydrogen) atoms. The van der Waals surface area contributed by atoms with Crippen molar-refractivity contribution in [2.75, 3.05) is 12.4 Å². The molecule has 0 unspecified atom stereocenters. The molecule has 0 spiro atoms. The van der Waals surface area contributed by atoms with Crippen molar-refractivity contribution in [2.24, 2.45) is 5.10 Å². The molecule has 0 bridgehead atoms. The number of benzene rings is 2. The summed E-state index contributed by atoms with van der Waals surface area (Å²) in [6.45, 7) is 2.59. The Bertz CT molecular complexity index is 627. The van der Waals surface area contributed by atoms with E-state index in [9.17, 15) is 4.79 Å². The zero-order valence-corrected chi connectivity index (χ0v) is 13.9. The third-order valence-corrected chi connectivity index (χ3v) is 3.94. The minimum atomic E-state index is -0.104. The van der Waals surface area contributed by atoms with Gasteiger partial charge in [0.2, 0.25) is 5.91 Å². The van der Waals surface area contributed by atoms with E-state index in [1.807, 2.05) is 49.4 Å². The molecule has 2 aromatic rings. The van der Waals surface area contributed by atoms with E-state index in [0.29, 0.717) is 12.4 Å². The fourth-order valence-corrected chi connectivity index (χ4v) is 2.64. The average molecular weight is 328 g/mol. The van der Waals surface area contributed by atoms with E-state index in [1.54, 1.807) is 18.0 Å². The highest BCUT2D eigenvalue weighted by Gasteiger charge is 2.00. The third kappa shape index (κ3) is 6.57. The highest BCUT2D eigenvalue weighted by molar-refractivity contribution is 7.99. The molecule has 0 aliphatic carbocycles. The van der Waals surface area contributed by atoms with Crippen molar-refractivity contribution in [2.45, 2.75) is 12.7 Å². The van der Waals surface area contributed by atoms with Crippen LogP contribution in [0.4, 0.5) is 0 Å². The summed E-state index contributed by atoms with van der Waals surface area (Å²) in [5.41, 5.74) is 4.65. The predicted molar refractivity (Wildman–Crippen MR) is 96.0 cm³/mol. The number of hydrogen-bond acceptors (Lipinski definition) is 4. The van der Waals surface area contributed by atoms with Gasteiger partial charge in [-0.15, -0.1) is 11.8 Å². The van der Waals surface area contributed by atoms with E-state index < -0.39 is 0 Å². The first kappa shape index (κ1) is 17.1. The quantitative estimate of drug-likeness (QED) is 0.596. The summed E-state index contributed by atoms with van der Waals surface area (Å²) in [5.74, 6) is 1.92. The number of hydrogen-bond donors (Lipinski definition) is 1. The van der Waals surface area contributed by atoms with Crippen molar-refractivity contribution in [1.82, 2.24) is 5.43 Å². The molecule has 2 aromatic carbocycles. The van der Waals surface area contributed by atoms with Crippen LogP contribution in [0.25, 0.3) is 0 Å². The van der Waals surface area contributed by atoms with Crippen molar-refractivity contribution >= 4 is 23.9 Å². The van der Waals surface area contributed by atoms with Gasteiger partial charge >= 0.3 is 0 Å². The Morgan fingerprint density at radius 1 is 1.17 bits per heavy atom. The second kappa shape index (κ2) is 9.69. The normalized spacial score (nSPS) is 10.7. The van der Waals surface area contributed by atoms with Gasteiger partial charge in [0.1, 0.15) is 5.75 Å². The molecule has 0 saturated carbocycles. The standard InChI is InChI=1S/C18H20N2O2S/c1-2-22-17-10-8-15(9-11-17)12-19-20-18(21)14-23-13-16-6-4-3-5-7-16/h3-12H,2,13-14H2,1H3,(H,20,21)/b19-12-. The molecule has 0 aromatic heterocycles. The molecular weight excluding hydrogens is 308 g/mol. The van der Waals surface area contributed by atoms with Gasteiger partial charge in [0.25, 0.3) is 0 Å². The van der Waals surface area contributed by atoms with Gasteiger partial charge in [-0.2, -0.15) is 5.10 Å². The van der Waals surface area contributed by atoms with Crippen LogP contribution in [-0.4, -0.2) is 24.5 Å². The first-order valence-electron chi connectivity index (χ1n) is 7.44. The van der Waals surface area contributed by atoms with Crippen LogP contribution in [0.5, 0.6) is 5.75 Å². The van der Waals surface area contributed by atoms with Crippen molar-refractivity contribution in [1.29, 1.82) is 0 Å². The first-order valence-corrected chi connectivity index (χ1v) is 8.60. The molecule has 1 N–H and O–H groups in total. The lowest BCUT2D eigenvalue weighted by molar-refractivity contribution is -0.118. The Labute approximate surface area is 140 Å². The van der Waals surface area contributed by atoms with Gasteiger partial charge in [-0.05, 0) is 42.3 Å². The summed E-state index contributed by atoms with van der Waals surface area (Å²) in [5, 5.41) is 3.96. The predicted octanol–water partition coefficient (Wildman–Crippen LogP) is 3.47. The average Bonchev–Trinajstić information content (AvgIpc) is 2.58. The van der Waals surface area contributed by atoms with Crippen LogP contribution in [-0.2, 0) is 10.5 Å². The van der Waals surface area contributed by atoms with Gasteiger partial charge in [0, 0.05) is 5.75 Å². The Morgan fingerprint density at radius 2 is 1.91 bits per heavy atom. The molecule has 0 heterocycles. The fraction of sp³-hybridized carbons (Fsp3) is 0.222. The molecule has 0 fully saturated rings. The summed E-state index contributed by atoms with van der Waals surface area (Å²) in [4.78, 5) is 11.7. The Morgan fingerprint density at radius 3 is 2.61 bits per heavy atom. The smallest absolute Gasteiger partial charge is 0.250 e. The van der Waals surface area contributed by atoms with E-state index in [1.165, 1.54) is 5.56 Å². The minimum absolute atomic E-state index is 0.104. The molecule has 2 rings (SSSR count). The van der Waals surface area contributed by atoms with E-state index in [4.69, 9.17) is 4.74 Å². The van der Waals surface area contributed by atoms with E-state index in [-0.39, 0.29) is 5.91 Å². The molecular formula is C18H20N2O2S. The fourth-order valence-electron chi connectivity index (χ4n) is 1.86. The van der Waals surface area contributed by atoms with Crippen LogP contribution in [0.1, 0.15) is 18.1 Å². The van der Waals surface area contributed by atoms with Crippen LogP contribution in [0.2, 0.25) is 0 Å². The number of carbonyl (C=O) groups excluding carboxylic acids is 1. The molecule has 4 nitrogen and oxygen atoms in total. The molecule has 0 radical (unpaired) electrons. The molecule has 0 aliphatic rings. The number of rotatable bonds is 8. The Balaban J connectivity index is 1.69. The second-order valence-electron chi connectivity index (χ2n) is 4.77. The molecule has 120 valence electrons. The van der Waals surface area contributed by atoms with Crippen molar-refractivity contribution < 1.29 is 9.53 Å². The molecule has 5 heteroatoms. The number of nitrogens with zero attached hydrogens (tertiary/aromatic N) is 1. The molecule has 0 atom stereocenters. The number of amides is 1. The monoisotopic (exact) mass is 328 g/mol. The van der Waals surface area contributed by atoms with E-state index in [2.05, 4.69) is 22.7 Å². The summed E-state index contributed by atoms with van der Waals surface area (Å²) in [7, 11) is 0. The Kier molecular flexibility index (Phi) is 7.20. The summed E-state index contributed by atoms with van der Waals surface area (Å²) in [6, 6.07) is 17.6. The second-order valence-corrected chi connectivity index (χ2v) is 5.76. The third-order valence-electron chi connectivity index (χ3n) is 2.94. The molecule has 0 aliphatic heterocycles. The Hall–Kier alpha value is -2.27. The maximum Gasteiger partial charge on any atom is 0.250 e. The maximum absolute atomic E-state index is 11.7. The van der Waals surface area contributed by atoms with Gasteiger partial charge in [-0.1, -0.05) is 30.3 Å². The summed E-state index contributed by atoms with van der Waals surface area (Å²) >= 11 is 1.57.